The van der Waals surface area contributed by atoms with Crippen LogP contribution in [0.25, 0.3) is 0 Å². The highest BCUT2D eigenvalue weighted by Gasteiger charge is 2.24. The zero-order chi connectivity index (χ0) is 15.5. The number of halogens is 1. The lowest BCUT2D eigenvalue weighted by Crippen LogP contribution is -2.32. The van der Waals surface area contributed by atoms with Crippen LogP contribution in [0.15, 0.2) is 17.0 Å². The lowest BCUT2D eigenvalue weighted by atomic mass is 10.2. The van der Waals surface area contributed by atoms with Gasteiger partial charge in [0.25, 0.3) is 0 Å². The molecule has 1 aliphatic rings. The van der Waals surface area contributed by atoms with E-state index in [2.05, 4.69) is 4.72 Å². The Hall–Kier alpha value is -1.02. The van der Waals surface area contributed by atoms with E-state index in [-0.39, 0.29) is 34.1 Å². The Morgan fingerprint density at radius 1 is 1.33 bits per heavy atom. The molecule has 0 aliphatic carbocycles. The molecule has 0 spiro atoms. The van der Waals surface area contributed by atoms with Crippen LogP contribution in [-0.4, -0.2) is 41.9 Å². The molecule has 6 nitrogen and oxygen atoms in total. The molecular formula is C13H18ClNO5S. The first-order valence-corrected chi connectivity index (χ1v) is 8.37. The Labute approximate surface area is 129 Å². The molecule has 0 radical (unpaired) electrons. The number of rotatable bonds is 6. The Morgan fingerprint density at radius 2 is 2.05 bits per heavy atom. The van der Waals surface area contributed by atoms with E-state index < -0.39 is 10.0 Å². The van der Waals surface area contributed by atoms with Crippen molar-refractivity contribution in [2.45, 2.75) is 23.8 Å². The van der Waals surface area contributed by atoms with Crippen LogP contribution in [0.3, 0.4) is 0 Å². The minimum atomic E-state index is -3.73. The van der Waals surface area contributed by atoms with E-state index >= 15 is 0 Å². The van der Waals surface area contributed by atoms with Crippen molar-refractivity contribution in [3.8, 4) is 11.5 Å². The van der Waals surface area contributed by atoms with Crippen LogP contribution in [0.1, 0.15) is 12.8 Å². The van der Waals surface area contributed by atoms with Gasteiger partial charge >= 0.3 is 0 Å². The summed E-state index contributed by atoms with van der Waals surface area (Å²) >= 11 is 5.97. The molecule has 1 aromatic rings. The van der Waals surface area contributed by atoms with Crippen LogP contribution in [-0.2, 0) is 14.8 Å². The standard InChI is InChI=1S/C13H18ClNO5S/c1-18-11-7-13(12(19-2)6-10(11)14)21(16,17)15-8-9-4-3-5-20-9/h6-7,9,15H,3-5,8H2,1-2H3/t9-/m0/s1. The number of hydrogen-bond donors (Lipinski definition) is 1. The van der Waals surface area contributed by atoms with Crippen LogP contribution in [0, 0.1) is 0 Å². The van der Waals surface area contributed by atoms with Crippen molar-refractivity contribution in [1.29, 1.82) is 0 Å². The van der Waals surface area contributed by atoms with Crippen molar-refractivity contribution in [2.75, 3.05) is 27.4 Å². The van der Waals surface area contributed by atoms with Gasteiger partial charge in [0.05, 0.1) is 25.3 Å². The summed E-state index contributed by atoms with van der Waals surface area (Å²) in [4.78, 5) is -0.00996. The van der Waals surface area contributed by atoms with Gasteiger partial charge < -0.3 is 14.2 Å². The van der Waals surface area contributed by atoms with Crippen molar-refractivity contribution in [1.82, 2.24) is 4.72 Å². The minimum Gasteiger partial charge on any atom is -0.495 e. The van der Waals surface area contributed by atoms with Gasteiger partial charge in [-0.25, -0.2) is 13.1 Å². The lowest BCUT2D eigenvalue weighted by molar-refractivity contribution is 0.114. The monoisotopic (exact) mass is 335 g/mol. The van der Waals surface area contributed by atoms with Gasteiger partial charge in [-0.3, -0.25) is 0 Å². The van der Waals surface area contributed by atoms with Crippen molar-refractivity contribution < 1.29 is 22.6 Å². The summed E-state index contributed by atoms with van der Waals surface area (Å²) in [6.45, 7) is 0.904. The van der Waals surface area contributed by atoms with E-state index in [4.69, 9.17) is 25.8 Å². The molecule has 118 valence electrons. The van der Waals surface area contributed by atoms with E-state index in [9.17, 15) is 8.42 Å². The molecule has 1 heterocycles. The van der Waals surface area contributed by atoms with Crippen molar-refractivity contribution in [3.05, 3.63) is 17.2 Å². The van der Waals surface area contributed by atoms with E-state index in [0.717, 1.165) is 12.8 Å². The van der Waals surface area contributed by atoms with Gasteiger partial charge in [-0.2, -0.15) is 0 Å². The number of methoxy groups -OCH3 is 2. The summed E-state index contributed by atoms with van der Waals surface area (Å²) in [6.07, 6.45) is 1.72. The van der Waals surface area contributed by atoms with Crippen LogP contribution in [0.2, 0.25) is 5.02 Å². The topological polar surface area (TPSA) is 73.9 Å². The third-order valence-electron chi connectivity index (χ3n) is 3.25. The lowest BCUT2D eigenvalue weighted by Gasteiger charge is -2.15. The summed E-state index contributed by atoms with van der Waals surface area (Å²) in [6, 6.07) is 2.76. The maximum Gasteiger partial charge on any atom is 0.244 e. The second-order valence-corrected chi connectivity index (χ2v) is 6.77. The summed E-state index contributed by atoms with van der Waals surface area (Å²) in [5, 5.41) is 0.285. The quantitative estimate of drug-likeness (QED) is 0.858. The second-order valence-electron chi connectivity index (χ2n) is 4.62. The molecule has 1 saturated heterocycles. The fourth-order valence-electron chi connectivity index (χ4n) is 2.13. The van der Waals surface area contributed by atoms with Crippen molar-refractivity contribution in [2.24, 2.45) is 0 Å². The first-order chi connectivity index (χ1) is 9.97. The molecule has 0 amide bonds. The number of ether oxygens (including phenoxy) is 3. The smallest absolute Gasteiger partial charge is 0.244 e. The fourth-order valence-corrected chi connectivity index (χ4v) is 3.59. The largest absolute Gasteiger partial charge is 0.495 e. The molecule has 0 unspecified atom stereocenters. The Morgan fingerprint density at radius 3 is 2.62 bits per heavy atom. The molecule has 2 rings (SSSR count). The molecular weight excluding hydrogens is 318 g/mol. The molecule has 0 bridgehead atoms. The highest BCUT2D eigenvalue weighted by molar-refractivity contribution is 7.89. The first-order valence-electron chi connectivity index (χ1n) is 6.50. The average Bonchev–Trinajstić information content (AvgIpc) is 2.98. The maximum atomic E-state index is 12.4. The number of sulfonamides is 1. The van der Waals surface area contributed by atoms with Gasteiger partial charge in [-0.15, -0.1) is 0 Å². The molecule has 8 heteroatoms. The first kappa shape index (κ1) is 16.4. The molecule has 1 fully saturated rings. The van der Waals surface area contributed by atoms with Crippen LogP contribution in [0.5, 0.6) is 11.5 Å². The summed E-state index contributed by atoms with van der Waals surface area (Å²) in [5.74, 6) is 0.440. The second kappa shape index (κ2) is 6.83. The molecule has 1 aliphatic heterocycles. The molecule has 0 aromatic heterocycles. The van der Waals surface area contributed by atoms with Gasteiger partial charge in [0.15, 0.2) is 0 Å². The Balaban J connectivity index is 2.25. The minimum absolute atomic E-state index is 0.00996. The zero-order valence-electron chi connectivity index (χ0n) is 11.9. The number of nitrogens with one attached hydrogen (secondary N) is 1. The van der Waals surface area contributed by atoms with Crippen LogP contribution in [0.4, 0.5) is 0 Å². The van der Waals surface area contributed by atoms with E-state index in [1.165, 1.54) is 26.4 Å². The van der Waals surface area contributed by atoms with Gasteiger partial charge in [0.2, 0.25) is 10.0 Å². The Kier molecular flexibility index (Phi) is 5.32. The molecule has 1 atom stereocenters. The van der Waals surface area contributed by atoms with Gasteiger partial charge in [-0.1, -0.05) is 11.6 Å². The van der Waals surface area contributed by atoms with Crippen LogP contribution >= 0.6 is 11.6 Å². The van der Waals surface area contributed by atoms with Gasteiger partial charge in [-0.05, 0) is 12.8 Å². The van der Waals surface area contributed by atoms with Gasteiger partial charge in [0, 0.05) is 25.3 Å². The molecule has 0 saturated carbocycles. The number of hydrogen-bond acceptors (Lipinski definition) is 5. The molecule has 1 aromatic carbocycles. The van der Waals surface area contributed by atoms with Crippen molar-refractivity contribution in [3.63, 3.8) is 0 Å². The average molecular weight is 336 g/mol. The highest BCUT2D eigenvalue weighted by atomic mass is 35.5. The normalized spacial score (nSPS) is 18.7. The predicted molar refractivity (Wildman–Crippen MR) is 78.7 cm³/mol. The van der Waals surface area contributed by atoms with E-state index in [1.807, 2.05) is 0 Å². The van der Waals surface area contributed by atoms with E-state index in [1.54, 1.807) is 0 Å². The maximum absolute atomic E-state index is 12.4. The molecule has 1 N–H and O–H groups in total. The van der Waals surface area contributed by atoms with E-state index in [0.29, 0.717) is 6.61 Å². The molecule has 21 heavy (non-hydrogen) atoms. The number of benzene rings is 1. The third-order valence-corrected chi connectivity index (χ3v) is 4.99. The fraction of sp³-hybridized carbons (Fsp3) is 0.538. The summed E-state index contributed by atoms with van der Waals surface area (Å²) in [7, 11) is -0.927. The SMILES string of the molecule is COc1cc(S(=O)(=O)NC[C@@H]2CCCO2)c(OC)cc1Cl. The van der Waals surface area contributed by atoms with Crippen LogP contribution < -0.4 is 14.2 Å². The predicted octanol–water partition coefficient (Wildman–Crippen LogP) is 1.81. The zero-order valence-corrected chi connectivity index (χ0v) is 13.5. The van der Waals surface area contributed by atoms with Gasteiger partial charge in [0.1, 0.15) is 16.4 Å². The summed E-state index contributed by atoms with van der Waals surface area (Å²) in [5.41, 5.74) is 0. The summed E-state index contributed by atoms with van der Waals surface area (Å²) < 4.78 is 42.9. The third kappa shape index (κ3) is 3.79. The Bertz CT molecular complexity index is 599. The highest BCUT2D eigenvalue weighted by Crippen LogP contribution is 2.34. The van der Waals surface area contributed by atoms with Crippen molar-refractivity contribution >= 4 is 21.6 Å².